The Morgan fingerprint density at radius 3 is 2.09 bits per heavy atom. The molecule has 3 N–H and O–H groups in total. The van der Waals surface area contributed by atoms with Gasteiger partial charge in [0.2, 0.25) is 0 Å². The summed E-state index contributed by atoms with van der Waals surface area (Å²) in [5, 5.41) is 10.3. The van der Waals surface area contributed by atoms with Crippen molar-refractivity contribution >= 4 is 11.4 Å². The second-order valence-corrected chi connectivity index (χ2v) is 2.63. The number of hydrogen-bond acceptors (Lipinski definition) is 3. The molecule has 0 aliphatic heterocycles. The average Bonchev–Trinajstić information content (AvgIpc) is 1.99. The predicted molar refractivity (Wildman–Crippen MR) is 47.3 cm³/mol. The topological polar surface area (TPSA) is 61.1 Å². The van der Waals surface area contributed by atoms with Gasteiger partial charge in [0.1, 0.15) is 0 Å². The van der Waals surface area contributed by atoms with Gasteiger partial charge in [0.25, 0.3) is 0 Å². The first-order valence-corrected chi connectivity index (χ1v) is 3.40. The number of nitrogens with two attached hydrogens (primary N) is 1. The van der Waals surface area contributed by atoms with Crippen LogP contribution in [0.3, 0.4) is 0 Å². The zero-order valence-electron chi connectivity index (χ0n) is 6.64. The molecule has 3 heteroatoms. The first-order chi connectivity index (χ1) is 5.15. The highest BCUT2D eigenvalue weighted by atomic mass is 16.5. The lowest BCUT2D eigenvalue weighted by Crippen LogP contribution is -1.95. The van der Waals surface area contributed by atoms with Crippen LogP contribution in [0.25, 0.3) is 0 Å². The minimum Gasteiger partial charge on any atom is -0.761 e. The van der Waals surface area contributed by atoms with Gasteiger partial charge in [0.05, 0.1) is 0 Å². The van der Waals surface area contributed by atoms with Gasteiger partial charge in [0, 0.05) is 11.4 Å². The number of hydrogen-bond donors (Lipinski definition) is 2. The summed E-state index contributed by atoms with van der Waals surface area (Å²) in [5.74, 6) is 0. The Balaban J connectivity index is 3.21. The van der Waals surface area contributed by atoms with Crippen molar-refractivity contribution in [2.24, 2.45) is 0 Å². The van der Waals surface area contributed by atoms with Gasteiger partial charge in [-0.15, -0.1) is 0 Å². The number of nitrogen functional groups attached to an aromatic ring is 1. The number of benzene rings is 1. The molecule has 0 aliphatic carbocycles. The number of nitrogens with one attached hydrogen (secondary N) is 1. The molecular formula is C8H11N2O-. The molecule has 0 aliphatic rings. The van der Waals surface area contributed by atoms with Crippen LogP contribution in [0.15, 0.2) is 12.1 Å². The first kappa shape index (κ1) is 7.88. The summed E-state index contributed by atoms with van der Waals surface area (Å²) in [7, 11) is 0. The number of rotatable bonds is 1. The second kappa shape index (κ2) is 2.80. The van der Waals surface area contributed by atoms with Crippen LogP contribution in [0.4, 0.5) is 11.4 Å². The molecule has 0 unspecified atom stereocenters. The van der Waals surface area contributed by atoms with Gasteiger partial charge in [-0.3, -0.25) is 0 Å². The largest absolute Gasteiger partial charge is 0.761 e. The van der Waals surface area contributed by atoms with Crippen LogP contribution in [0.5, 0.6) is 0 Å². The van der Waals surface area contributed by atoms with E-state index in [2.05, 4.69) is 0 Å². The van der Waals surface area contributed by atoms with Crippen LogP contribution in [-0.4, -0.2) is 0 Å². The molecule has 1 rings (SSSR count). The summed E-state index contributed by atoms with van der Waals surface area (Å²) < 4.78 is 0. The summed E-state index contributed by atoms with van der Waals surface area (Å²) in [6.45, 7) is 3.76. The third-order valence-corrected chi connectivity index (χ3v) is 1.71. The van der Waals surface area contributed by atoms with Crippen LogP contribution < -0.4 is 11.2 Å². The van der Waals surface area contributed by atoms with Gasteiger partial charge in [-0.25, -0.2) is 0 Å². The molecule has 1 aromatic rings. The fourth-order valence-electron chi connectivity index (χ4n) is 1.03. The first-order valence-electron chi connectivity index (χ1n) is 3.40. The molecule has 0 aromatic heterocycles. The van der Waals surface area contributed by atoms with E-state index in [9.17, 15) is 5.21 Å². The molecule has 0 saturated heterocycles. The summed E-state index contributed by atoms with van der Waals surface area (Å²) in [5.41, 5.74) is 10.7. The molecule has 1 aromatic carbocycles. The van der Waals surface area contributed by atoms with E-state index in [-0.39, 0.29) is 0 Å². The Labute approximate surface area is 65.8 Å². The molecule has 0 spiro atoms. The van der Waals surface area contributed by atoms with E-state index >= 15 is 0 Å². The molecule has 0 atom stereocenters. The number of anilines is 2. The molecule has 0 radical (unpaired) electrons. The van der Waals surface area contributed by atoms with Crippen LogP contribution in [0.2, 0.25) is 0 Å². The van der Waals surface area contributed by atoms with Crippen molar-refractivity contribution in [1.82, 2.24) is 0 Å². The van der Waals surface area contributed by atoms with E-state index < -0.39 is 0 Å². The summed E-state index contributed by atoms with van der Waals surface area (Å²) in [4.78, 5) is 0. The van der Waals surface area contributed by atoms with Gasteiger partial charge in [-0.1, -0.05) is 0 Å². The quantitative estimate of drug-likeness (QED) is 0.475. The van der Waals surface area contributed by atoms with Gasteiger partial charge in [-0.05, 0) is 37.1 Å². The normalized spacial score (nSPS) is 9.73. The lowest BCUT2D eigenvalue weighted by atomic mass is 10.1. The van der Waals surface area contributed by atoms with Crippen LogP contribution in [-0.2, 0) is 0 Å². The van der Waals surface area contributed by atoms with Gasteiger partial charge < -0.3 is 16.4 Å². The van der Waals surface area contributed by atoms with E-state index in [1.54, 1.807) is 12.1 Å². The molecule has 0 bridgehead atoms. The minimum absolute atomic E-state index is 0.564. The Morgan fingerprint density at radius 1 is 1.27 bits per heavy atom. The summed E-state index contributed by atoms with van der Waals surface area (Å²) in [6.07, 6.45) is 0. The smallest absolute Gasteiger partial charge is 0.0374 e. The standard InChI is InChI=1S/C8H11N2O/c1-5-3-7(10-11)4-6(2)8(5)9/h3-4,10H,9H2,1-2H3/q-1. The monoisotopic (exact) mass is 151 g/mol. The molecule has 0 fully saturated rings. The Morgan fingerprint density at radius 2 is 1.73 bits per heavy atom. The molecule has 0 saturated carbocycles. The second-order valence-electron chi connectivity index (χ2n) is 2.63. The van der Waals surface area contributed by atoms with Crippen molar-refractivity contribution in [3.63, 3.8) is 0 Å². The van der Waals surface area contributed by atoms with Crippen LogP contribution >= 0.6 is 0 Å². The van der Waals surface area contributed by atoms with Crippen molar-refractivity contribution in [1.29, 1.82) is 0 Å². The summed E-state index contributed by atoms with van der Waals surface area (Å²) >= 11 is 0. The minimum atomic E-state index is 0.564. The molecule has 0 amide bonds. The highest BCUT2D eigenvalue weighted by Crippen LogP contribution is 2.21. The maximum absolute atomic E-state index is 10.3. The third kappa shape index (κ3) is 1.43. The fourth-order valence-corrected chi connectivity index (χ4v) is 1.03. The van der Waals surface area contributed by atoms with E-state index in [4.69, 9.17) is 5.73 Å². The maximum atomic E-state index is 10.3. The van der Waals surface area contributed by atoms with Crippen LogP contribution in [0, 0.1) is 19.1 Å². The molecular weight excluding hydrogens is 140 g/mol. The van der Waals surface area contributed by atoms with Crippen molar-refractivity contribution in [2.45, 2.75) is 13.8 Å². The van der Waals surface area contributed by atoms with Crippen molar-refractivity contribution in [2.75, 3.05) is 11.2 Å². The lowest BCUT2D eigenvalue weighted by Gasteiger charge is -2.12. The van der Waals surface area contributed by atoms with Crippen molar-refractivity contribution in [3.8, 4) is 0 Å². The fraction of sp³-hybridized carbons (Fsp3) is 0.250. The highest BCUT2D eigenvalue weighted by Gasteiger charge is 1.97. The molecule has 3 nitrogen and oxygen atoms in total. The predicted octanol–water partition coefficient (Wildman–Crippen LogP) is 1.80. The molecule has 0 heterocycles. The van der Waals surface area contributed by atoms with E-state index in [0.717, 1.165) is 16.8 Å². The highest BCUT2D eigenvalue weighted by molar-refractivity contribution is 5.61. The van der Waals surface area contributed by atoms with Crippen LogP contribution in [0.1, 0.15) is 11.1 Å². The Hall–Kier alpha value is -1.22. The molecule has 60 valence electrons. The van der Waals surface area contributed by atoms with E-state index in [1.807, 2.05) is 19.3 Å². The SMILES string of the molecule is Cc1cc(N[O-])cc(C)c1N. The average molecular weight is 151 g/mol. The Kier molecular flexibility index (Phi) is 2.01. The lowest BCUT2D eigenvalue weighted by molar-refractivity contribution is 1.38. The van der Waals surface area contributed by atoms with Gasteiger partial charge in [0.15, 0.2) is 0 Å². The zero-order chi connectivity index (χ0) is 8.43. The maximum Gasteiger partial charge on any atom is 0.0374 e. The van der Waals surface area contributed by atoms with E-state index in [1.165, 1.54) is 0 Å². The molecule has 11 heavy (non-hydrogen) atoms. The van der Waals surface area contributed by atoms with Crippen molar-refractivity contribution < 1.29 is 0 Å². The van der Waals surface area contributed by atoms with Gasteiger partial charge >= 0.3 is 0 Å². The number of aryl methyl sites for hydroxylation is 2. The van der Waals surface area contributed by atoms with Crippen molar-refractivity contribution in [3.05, 3.63) is 28.5 Å². The Bertz CT molecular complexity index is 248. The third-order valence-electron chi connectivity index (χ3n) is 1.71. The van der Waals surface area contributed by atoms with E-state index in [0.29, 0.717) is 5.69 Å². The van der Waals surface area contributed by atoms with Gasteiger partial charge in [-0.2, -0.15) is 0 Å². The summed E-state index contributed by atoms with van der Waals surface area (Å²) in [6, 6.07) is 3.46. The zero-order valence-corrected chi connectivity index (χ0v) is 6.64.